The van der Waals surface area contributed by atoms with Gasteiger partial charge in [0.25, 0.3) is 0 Å². The van der Waals surface area contributed by atoms with Crippen LogP contribution in [0.1, 0.15) is 32.1 Å². The van der Waals surface area contributed by atoms with Gasteiger partial charge in [0.15, 0.2) is 0 Å². The van der Waals surface area contributed by atoms with Crippen LogP contribution in [0.2, 0.25) is 0 Å². The van der Waals surface area contributed by atoms with Crippen molar-refractivity contribution in [3.63, 3.8) is 0 Å². The molecule has 2 fully saturated rings. The van der Waals surface area contributed by atoms with Crippen molar-refractivity contribution in [2.45, 2.75) is 44.2 Å². The molecule has 2 atom stereocenters. The quantitative estimate of drug-likeness (QED) is 0.772. The summed E-state index contributed by atoms with van der Waals surface area (Å²) in [5.41, 5.74) is 0. The summed E-state index contributed by atoms with van der Waals surface area (Å²) in [7, 11) is 1.89. The minimum atomic E-state index is 0.0496. The molecule has 2 saturated heterocycles. The minimum absolute atomic E-state index is 0.0496. The van der Waals surface area contributed by atoms with Gasteiger partial charge >= 0.3 is 0 Å². The molecule has 1 amide bonds. The van der Waals surface area contributed by atoms with Crippen LogP contribution in [-0.2, 0) is 9.53 Å². The summed E-state index contributed by atoms with van der Waals surface area (Å²) >= 11 is 0. The zero-order chi connectivity index (χ0) is 11.4. The normalized spacial score (nSPS) is 30.3. The highest BCUT2D eigenvalue weighted by atomic mass is 16.5. The Labute approximate surface area is 97.3 Å². The molecular formula is C12H22N2O2. The topological polar surface area (TPSA) is 41.6 Å². The molecule has 1 N–H and O–H groups in total. The highest BCUT2D eigenvalue weighted by molar-refractivity contribution is 5.81. The van der Waals surface area contributed by atoms with Crippen LogP contribution in [-0.4, -0.2) is 49.7 Å². The van der Waals surface area contributed by atoms with E-state index in [0.717, 1.165) is 39.0 Å². The highest BCUT2D eigenvalue weighted by Gasteiger charge is 2.26. The molecule has 2 heterocycles. The van der Waals surface area contributed by atoms with E-state index < -0.39 is 0 Å². The van der Waals surface area contributed by atoms with Crippen molar-refractivity contribution in [1.29, 1.82) is 0 Å². The van der Waals surface area contributed by atoms with E-state index in [1.54, 1.807) is 0 Å². The Morgan fingerprint density at radius 2 is 2.25 bits per heavy atom. The SMILES string of the molecule is CN(CC1CCCCO1)C(=O)[C@H]1CCCN1. The van der Waals surface area contributed by atoms with Gasteiger partial charge in [0, 0.05) is 20.2 Å². The number of amides is 1. The fraction of sp³-hybridized carbons (Fsp3) is 0.917. The lowest BCUT2D eigenvalue weighted by Gasteiger charge is -2.28. The van der Waals surface area contributed by atoms with Gasteiger partial charge in [-0.1, -0.05) is 0 Å². The van der Waals surface area contributed by atoms with Crippen molar-refractivity contribution in [2.24, 2.45) is 0 Å². The van der Waals surface area contributed by atoms with Crippen molar-refractivity contribution in [3.05, 3.63) is 0 Å². The van der Waals surface area contributed by atoms with Gasteiger partial charge < -0.3 is 15.0 Å². The Morgan fingerprint density at radius 3 is 2.88 bits per heavy atom. The molecule has 0 spiro atoms. The fourth-order valence-electron chi connectivity index (χ4n) is 2.51. The maximum absolute atomic E-state index is 12.0. The second-order valence-corrected chi connectivity index (χ2v) is 4.86. The molecule has 16 heavy (non-hydrogen) atoms. The van der Waals surface area contributed by atoms with Crippen molar-refractivity contribution in [3.8, 4) is 0 Å². The van der Waals surface area contributed by atoms with E-state index in [-0.39, 0.29) is 18.1 Å². The zero-order valence-electron chi connectivity index (χ0n) is 10.1. The fourth-order valence-corrected chi connectivity index (χ4v) is 2.51. The molecule has 0 radical (unpaired) electrons. The van der Waals surface area contributed by atoms with Crippen molar-refractivity contribution in [1.82, 2.24) is 10.2 Å². The van der Waals surface area contributed by atoms with Gasteiger partial charge in [0.05, 0.1) is 12.1 Å². The number of hydrogen-bond donors (Lipinski definition) is 1. The first-order valence-corrected chi connectivity index (χ1v) is 6.37. The van der Waals surface area contributed by atoms with Crippen LogP contribution in [0.15, 0.2) is 0 Å². The Balaban J connectivity index is 1.77. The number of ether oxygens (including phenoxy) is 1. The van der Waals surface area contributed by atoms with Gasteiger partial charge in [-0.05, 0) is 38.6 Å². The summed E-state index contributed by atoms with van der Waals surface area (Å²) in [6.07, 6.45) is 5.84. The van der Waals surface area contributed by atoms with Gasteiger partial charge in [-0.15, -0.1) is 0 Å². The maximum atomic E-state index is 12.0. The van der Waals surface area contributed by atoms with Crippen molar-refractivity contribution in [2.75, 3.05) is 26.7 Å². The summed E-state index contributed by atoms with van der Waals surface area (Å²) < 4.78 is 5.65. The summed E-state index contributed by atoms with van der Waals surface area (Å²) in [5, 5.41) is 3.24. The molecule has 2 rings (SSSR count). The van der Waals surface area contributed by atoms with Gasteiger partial charge in [0.2, 0.25) is 5.91 Å². The van der Waals surface area contributed by atoms with Crippen molar-refractivity contribution < 1.29 is 9.53 Å². The predicted molar refractivity (Wildman–Crippen MR) is 62.3 cm³/mol. The van der Waals surface area contributed by atoms with E-state index in [0.29, 0.717) is 0 Å². The highest BCUT2D eigenvalue weighted by Crippen LogP contribution is 2.15. The average Bonchev–Trinajstić information content (AvgIpc) is 2.83. The average molecular weight is 226 g/mol. The zero-order valence-corrected chi connectivity index (χ0v) is 10.1. The van der Waals surface area contributed by atoms with Crippen LogP contribution in [0.3, 0.4) is 0 Å². The van der Waals surface area contributed by atoms with E-state index in [1.165, 1.54) is 12.8 Å². The number of carbonyl (C=O) groups excluding carboxylic acids is 1. The second kappa shape index (κ2) is 5.64. The maximum Gasteiger partial charge on any atom is 0.239 e. The van der Waals surface area contributed by atoms with Gasteiger partial charge in [-0.25, -0.2) is 0 Å². The van der Waals surface area contributed by atoms with E-state index in [4.69, 9.17) is 4.74 Å². The largest absolute Gasteiger partial charge is 0.376 e. The van der Waals surface area contributed by atoms with E-state index in [2.05, 4.69) is 5.32 Å². The number of hydrogen-bond acceptors (Lipinski definition) is 3. The van der Waals surface area contributed by atoms with Crippen LogP contribution in [0.5, 0.6) is 0 Å². The first-order valence-electron chi connectivity index (χ1n) is 6.37. The molecule has 0 aromatic carbocycles. The van der Waals surface area contributed by atoms with Crippen LogP contribution in [0.25, 0.3) is 0 Å². The minimum Gasteiger partial charge on any atom is -0.376 e. The van der Waals surface area contributed by atoms with Gasteiger partial charge in [-0.3, -0.25) is 4.79 Å². The van der Waals surface area contributed by atoms with Gasteiger partial charge in [0.1, 0.15) is 0 Å². The molecule has 4 nitrogen and oxygen atoms in total. The second-order valence-electron chi connectivity index (χ2n) is 4.86. The molecule has 0 bridgehead atoms. The first-order chi connectivity index (χ1) is 7.77. The molecule has 92 valence electrons. The number of nitrogens with zero attached hydrogens (tertiary/aromatic N) is 1. The van der Waals surface area contributed by atoms with E-state index >= 15 is 0 Å². The molecular weight excluding hydrogens is 204 g/mol. The summed E-state index contributed by atoms with van der Waals surface area (Å²) in [4.78, 5) is 13.9. The Morgan fingerprint density at radius 1 is 1.38 bits per heavy atom. The lowest BCUT2D eigenvalue weighted by molar-refractivity contribution is -0.134. The Hall–Kier alpha value is -0.610. The third-order valence-corrected chi connectivity index (χ3v) is 3.49. The predicted octanol–water partition coefficient (Wildman–Crippen LogP) is 0.766. The van der Waals surface area contributed by atoms with Crippen LogP contribution in [0, 0.1) is 0 Å². The Kier molecular flexibility index (Phi) is 4.18. The first kappa shape index (κ1) is 11.9. The van der Waals surface area contributed by atoms with Crippen LogP contribution in [0.4, 0.5) is 0 Å². The molecule has 1 unspecified atom stereocenters. The molecule has 2 aliphatic rings. The lowest BCUT2D eigenvalue weighted by atomic mass is 10.1. The van der Waals surface area contributed by atoms with Crippen molar-refractivity contribution >= 4 is 5.91 Å². The summed E-state index contributed by atoms with van der Waals surface area (Å²) in [6, 6.07) is 0.0496. The number of nitrogens with one attached hydrogen (secondary N) is 1. The monoisotopic (exact) mass is 226 g/mol. The molecule has 0 saturated carbocycles. The van der Waals surface area contributed by atoms with Crippen LogP contribution >= 0.6 is 0 Å². The molecule has 4 heteroatoms. The Bertz CT molecular complexity index is 233. The summed E-state index contributed by atoms with van der Waals surface area (Å²) in [5.74, 6) is 0.228. The standard InChI is InChI=1S/C12H22N2O2/c1-14(9-10-5-2-3-8-16-10)12(15)11-6-4-7-13-11/h10-11,13H,2-9H2,1H3/t10?,11-/m1/s1. The number of rotatable bonds is 3. The number of likely N-dealkylation sites (N-methyl/N-ethyl adjacent to an activating group) is 1. The van der Waals surface area contributed by atoms with Crippen LogP contribution < -0.4 is 5.32 Å². The molecule has 0 aromatic rings. The van der Waals surface area contributed by atoms with E-state index in [1.807, 2.05) is 11.9 Å². The molecule has 0 aliphatic carbocycles. The summed E-state index contributed by atoms with van der Waals surface area (Å²) in [6.45, 7) is 2.58. The van der Waals surface area contributed by atoms with Gasteiger partial charge in [-0.2, -0.15) is 0 Å². The third-order valence-electron chi connectivity index (χ3n) is 3.49. The number of carbonyl (C=O) groups is 1. The smallest absolute Gasteiger partial charge is 0.239 e. The molecule has 0 aromatic heterocycles. The van der Waals surface area contributed by atoms with E-state index in [9.17, 15) is 4.79 Å². The third kappa shape index (κ3) is 2.95. The molecule has 2 aliphatic heterocycles. The lowest BCUT2D eigenvalue weighted by Crippen LogP contribution is -2.45.